The standard InChI is InChI=1S/C12H12BrClN2/c1-8-4-10(13)12(5-11(8)14)16-7-9-2-3-15-6-9/h2-6,15-16H,7H2,1H3. The molecule has 4 heteroatoms. The van der Waals surface area contributed by atoms with Crippen molar-refractivity contribution in [3.8, 4) is 0 Å². The average Bonchev–Trinajstić information content (AvgIpc) is 2.74. The van der Waals surface area contributed by atoms with Crippen LogP contribution in [0.3, 0.4) is 0 Å². The fourth-order valence-electron chi connectivity index (χ4n) is 1.45. The molecule has 84 valence electrons. The van der Waals surface area contributed by atoms with Crippen LogP contribution in [0, 0.1) is 6.92 Å². The smallest absolute Gasteiger partial charge is 0.0502 e. The van der Waals surface area contributed by atoms with E-state index in [4.69, 9.17) is 11.6 Å². The maximum Gasteiger partial charge on any atom is 0.0502 e. The number of nitrogens with one attached hydrogen (secondary N) is 2. The van der Waals surface area contributed by atoms with Gasteiger partial charge in [-0.1, -0.05) is 11.6 Å². The van der Waals surface area contributed by atoms with Gasteiger partial charge in [-0.2, -0.15) is 0 Å². The molecule has 1 heterocycles. The van der Waals surface area contributed by atoms with Gasteiger partial charge in [-0.05, 0) is 52.2 Å². The molecule has 16 heavy (non-hydrogen) atoms. The number of aryl methyl sites for hydroxylation is 1. The molecule has 1 aromatic carbocycles. The van der Waals surface area contributed by atoms with Crippen LogP contribution in [0.1, 0.15) is 11.1 Å². The molecule has 0 unspecified atom stereocenters. The van der Waals surface area contributed by atoms with E-state index in [1.807, 2.05) is 37.5 Å². The number of halogens is 2. The molecule has 0 bridgehead atoms. The van der Waals surface area contributed by atoms with E-state index in [1.54, 1.807) is 0 Å². The molecule has 0 spiro atoms. The molecule has 0 amide bonds. The van der Waals surface area contributed by atoms with Gasteiger partial charge in [-0.25, -0.2) is 0 Å². The summed E-state index contributed by atoms with van der Waals surface area (Å²) in [6.07, 6.45) is 3.88. The second kappa shape index (κ2) is 4.93. The van der Waals surface area contributed by atoms with E-state index in [1.165, 1.54) is 5.56 Å². The van der Waals surface area contributed by atoms with Crippen LogP contribution < -0.4 is 5.32 Å². The lowest BCUT2D eigenvalue weighted by Gasteiger charge is -2.09. The zero-order valence-electron chi connectivity index (χ0n) is 8.85. The molecule has 0 fully saturated rings. The van der Waals surface area contributed by atoms with Gasteiger partial charge >= 0.3 is 0 Å². The lowest BCUT2D eigenvalue weighted by molar-refractivity contribution is 1.15. The Kier molecular flexibility index (Phi) is 3.56. The Labute approximate surface area is 108 Å². The summed E-state index contributed by atoms with van der Waals surface area (Å²) in [6, 6.07) is 5.99. The average molecular weight is 300 g/mol. The van der Waals surface area contributed by atoms with Gasteiger partial charge in [0.25, 0.3) is 0 Å². The number of aromatic nitrogens is 1. The number of anilines is 1. The molecule has 0 aliphatic rings. The Bertz CT molecular complexity index is 480. The van der Waals surface area contributed by atoms with Crippen molar-refractivity contribution in [2.24, 2.45) is 0 Å². The van der Waals surface area contributed by atoms with Crippen LogP contribution in [0.2, 0.25) is 5.02 Å². The van der Waals surface area contributed by atoms with E-state index in [0.717, 1.165) is 27.3 Å². The second-order valence-electron chi connectivity index (χ2n) is 3.65. The first-order valence-corrected chi connectivity index (χ1v) is 6.15. The minimum atomic E-state index is 0.778. The van der Waals surface area contributed by atoms with Crippen molar-refractivity contribution in [1.82, 2.24) is 4.98 Å². The molecule has 0 saturated heterocycles. The molecular weight excluding hydrogens is 288 g/mol. The largest absolute Gasteiger partial charge is 0.380 e. The summed E-state index contributed by atoms with van der Waals surface area (Å²) in [5, 5.41) is 4.11. The summed E-state index contributed by atoms with van der Waals surface area (Å²) in [6.45, 7) is 2.77. The van der Waals surface area contributed by atoms with Gasteiger partial charge in [-0.15, -0.1) is 0 Å². The molecule has 1 aromatic heterocycles. The van der Waals surface area contributed by atoms with E-state index < -0.39 is 0 Å². The summed E-state index contributed by atoms with van der Waals surface area (Å²) < 4.78 is 1.03. The normalized spacial score (nSPS) is 10.4. The first-order chi connectivity index (χ1) is 7.66. The van der Waals surface area contributed by atoms with E-state index in [2.05, 4.69) is 26.2 Å². The first-order valence-electron chi connectivity index (χ1n) is 4.98. The number of hydrogen-bond donors (Lipinski definition) is 2. The van der Waals surface area contributed by atoms with Crippen molar-refractivity contribution in [3.05, 3.63) is 51.2 Å². The highest BCUT2D eigenvalue weighted by Gasteiger charge is 2.04. The molecule has 2 N–H and O–H groups in total. The number of H-pyrrole nitrogens is 1. The summed E-state index contributed by atoms with van der Waals surface area (Å²) in [7, 11) is 0. The molecule has 0 radical (unpaired) electrons. The molecule has 2 rings (SSSR count). The van der Waals surface area contributed by atoms with Crippen LogP contribution in [0.4, 0.5) is 5.69 Å². The maximum atomic E-state index is 6.08. The van der Waals surface area contributed by atoms with Gasteiger partial charge < -0.3 is 10.3 Å². The predicted octanol–water partition coefficient (Wildman–Crippen LogP) is 4.35. The third-order valence-electron chi connectivity index (χ3n) is 2.39. The third-order valence-corrected chi connectivity index (χ3v) is 3.46. The fraction of sp³-hybridized carbons (Fsp3) is 0.167. The minimum Gasteiger partial charge on any atom is -0.380 e. The van der Waals surface area contributed by atoms with Crippen molar-refractivity contribution in [2.45, 2.75) is 13.5 Å². The quantitative estimate of drug-likeness (QED) is 0.866. The molecule has 0 aliphatic carbocycles. The van der Waals surface area contributed by atoms with Gasteiger partial charge in [0.2, 0.25) is 0 Å². The number of aromatic amines is 1. The zero-order chi connectivity index (χ0) is 11.5. The Morgan fingerprint density at radius 1 is 1.44 bits per heavy atom. The summed E-state index contributed by atoms with van der Waals surface area (Å²) in [5.74, 6) is 0. The van der Waals surface area contributed by atoms with Crippen molar-refractivity contribution in [3.63, 3.8) is 0 Å². The van der Waals surface area contributed by atoms with E-state index in [0.29, 0.717) is 0 Å². The summed E-state index contributed by atoms with van der Waals surface area (Å²) in [4.78, 5) is 3.02. The Morgan fingerprint density at radius 2 is 2.25 bits per heavy atom. The fourth-order valence-corrected chi connectivity index (χ4v) is 2.21. The van der Waals surface area contributed by atoms with Crippen molar-refractivity contribution in [1.29, 1.82) is 0 Å². The molecule has 2 aromatic rings. The van der Waals surface area contributed by atoms with E-state index in [-0.39, 0.29) is 0 Å². The lowest BCUT2D eigenvalue weighted by atomic mass is 10.2. The Balaban J connectivity index is 2.12. The van der Waals surface area contributed by atoms with Gasteiger partial charge in [0.1, 0.15) is 0 Å². The van der Waals surface area contributed by atoms with E-state index >= 15 is 0 Å². The highest BCUT2D eigenvalue weighted by molar-refractivity contribution is 9.10. The van der Waals surface area contributed by atoms with Crippen molar-refractivity contribution in [2.75, 3.05) is 5.32 Å². The zero-order valence-corrected chi connectivity index (χ0v) is 11.2. The SMILES string of the molecule is Cc1cc(Br)c(NCc2cc[nH]c2)cc1Cl. The van der Waals surface area contributed by atoms with Gasteiger partial charge in [0.05, 0.1) is 5.69 Å². The molecule has 2 nitrogen and oxygen atoms in total. The first kappa shape index (κ1) is 11.6. The number of rotatable bonds is 3. The monoisotopic (exact) mass is 298 g/mol. The molecular formula is C12H12BrClN2. The van der Waals surface area contributed by atoms with Gasteiger partial charge in [-0.3, -0.25) is 0 Å². The molecule has 0 atom stereocenters. The Morgan fingerprint density at radius 3 is 2.94 bits per heavy atom. The molecule has 0 saturated carbocycles. The van der Waals surface area contributed by atoms with Crippen molar-refractivity contribution >= 4 is 33.2 Å². The topological polar surface area (TPSA) is 27.8 Å². The van der Waals surface area contributed by atoms with Crippen LogP contribution in [0.15, 0.2) is 35.1 Å². The van der Waals surface area contributed by atoms with Crippen LogP contribution in [0.25, 0.3) is 0 Å². The maximum absolute atomic E-state index is 6.08. The molecule has 0 aliphatic heterocycles. The van der Waals surface area contributed by atoms with Crippen LogP contribution in [0.5, 0.6) is 0 Å². The summed E-state index contributed by atoms with van der Waals surface area (Å²) >= 11 is 9.60. The third kappa shape index (κ3) is 2.60. The highest BCUT2D eigenvalue weighted by Crippen LogP contribution is 2.29. The predicted molar refractivity (Wildman–Crippen MR) is 72.0 cm³/mol. The highest BCUT2D eigenvalue weighted by atomic mass is 79.9. The van der Waals surface area contributed by atoms with Crippen LogP contribution in [-0.2, 0) is 6.54 Å². The number of benzene rings is 1. The van der Waals surface area contributed by atoms with Crippen LogP contribution >= 0.6 is 27.5 Å². The van der Waals surface area contributed by atoms with Gasteiger partial charge in [0, 0.05) is 28.4 Å². The minimum absolute atomic E-state index is 0.778. The van der Waals surface area contributed by atoms with Gasteiger partial charge in [0.15, 0.2) is 0 Å². The van der Waals surface area contributed by atoms with Crippen LogP contribution in [-0.4, -0.2) is 4.98 Å². The second-order valence-corrected chi connectivity index (χ2v) is 4.92. The number of hydrogen-bond acceptors (Lipinski definition) is 1. The van der Waals surface area contributed by atoms with E-state index in [9.17, 15) is 0 Å². The summed E-state index contributed by atoms with van der Waals surface area (Å²) in [5.41, 5.74) is 3.29. The Hall–Kier alpha value is -0.930. The lowest BCUT2D eigenvalue weighted by Crippen LogP contribution is -1.99. The van der Waals surface area contributed by atoms with Crippen molar-refractivity contribution < 1.29 is 0 Å².